The zero-order valence-corrected chi connectivity index (χ0v) is 12.2. The van der Waals surface area contributed by atoms with E-state index in [1.165, 1.54) is 4.57 Å². The number of pyridine rings is 1. The lowest BCUT2D eigenvalue weighted by Gasteiger charge is -2.10. The molecule has 0 bridgehead atoms. The minimum Gasteiger partial charge on any atom is -0.506 e. The molecule has 0 aliphatic rings. The quantitative estimate of drug-likeness (QED) is 0.666. The summed E-state index contributed by atoms with van der Waals surface area (Å²) in [6.45, 7) is 3.66. The predicted octanol–water partition coefficient (Wildman–Crippen LogP) is 1.76. The third-order valence-electron chi connectivity index (χ3n) is 3.36. The lowest BCUT2D eigenvalue weighted by Crippen LogP contribution is -2.30. The van der Waals surface area contributed by atoms with Crippen LogP contribution in [-0.4, -0.2) is 21.3 Å². The van der Waals surface area contributed by atoms with Gasteiger partial charge in [0, 0.05) is 18.1 Å². The molecule has 1 aromatic carbocycles. The van der Waals surface area contributed by atoms with Crippen LogP contribution in [0.4, 0.5) is 0 Å². The van der Waals surface area contributed by atoms with Crippen LogP contribution in [0.3, 0.4) is 0 Å². The Morgan fingerprint density at radius 1 is 1.38 bits per heavy atom. The van der Waals surface area contributed by atoms with Gasteiger partial charge < -0.3 is 9.67 Å². The Bertz CT molecular complexity index is 791. The van der Waals surface area contributed by atoms with Crippen molar-refractivity contribution in [3.63, 3.8) is 0 Å². The van der Waals surface area contributed by atoms with Gasteiger partial charge in [0.15, 0.2) is 0 Å². The van der Waals surface area contributed by atoms with E-state index in [-0.39, 0.29) is 11.3 Å². The number of hydrazone groups is 1. The molecule has 21 heavy (non-hydrogen) atoms. The maximum Gasteiger partial charge on any atom is 0.280 e. The van der Waals surface area contributed by atoms with E-state index < -0.39 is 11.5 Å². The van der Waals surface area contributed by atoms with Gasteiger partial charge in [-0.05, 0) is 25.5 Å². The highest BCUT2D eigenvalue weighted by Crippen LogP contribution is 2.25. The molecule has 1 heterocycles. The average molecular weight is 287 g/mol. The molecule has 1 aromatic heterocycles. The summed E-state index contributed by atoms with van der Waals surface area (Å²) in [6.07, 6.45) is 0.683. The van der Waals surface area contributed by atoms with Crippen molar-refractivity contribution >= 4 is 22.5 Å². The number of rotatable bonds is 3. The van der Waals surface area contributed by atoms with Gasteiger partial charge >= 0.3 is 0 Å². The second kappa shape index (κ2) is 5.78. The zero-order chi connectivity index (χ0) is 15.6. The van der Waals surface area contributed by atoms with Crippen molar-refractivity contribution < 1.29 is 9.90 Å². The van der Waals surface area contributed by atoms with Crippen molar-refractivity contribution in [2.45, 2.75) is 20.3 Å². The van der Waals surface area contributed by atoms with Gasteiger partial charge in [-0.25, -0.2) is 5.43 Å². The molecular weight excluding hydrogens is 270 g/mol. The molecule has 0 radical (unpaired) electrons. The van der Waals surface area contributed by atoms with E-state index in [1.54, 1.807) is 38.2 Å². The molecule has 2 N–H and O–H groups in total. The minimum absolute atomic E-state index is 0.302. The van der Waals surface area contributed by atoms with Crippen LogP contribution in [0.15, 0.2) is 34.2 Å². The number of aryl methyl sites for hydroxylation is 1. The molecule has 2 rings (SSSR count). The molecular formula is C15H17N3O3. The smallest absolute Gasteiger partial charge is 0.280 e. The molecule has 6 heteroatoms. The predicted molar refractivity (Wildman–Crippen MR) is 81.7 cm³/mol. The average Bonchev–Trinajstić information content (AvgIpc) is 2.50. The van der Waals surface area contributed by atoms with E-state index in [4.69, 9.17) is 0 Å². The number of nitrogens with one attached hydrogen (secondary N) is 1. The lowest BCUT2D eigenvalue weighted by atomic mass is 10.1. The summed E-state index contributed by atoms with van der Waals surface area (Å²) >= 11 is 0. The number of aromatic nitrogens is 1. The van der Waals surface area contributed by atoms with Crippen LogP contribution in [0.25, 0.3) is 10.9 Å². The number of para-hydroxylation sites is 1. The van der Waals surface area contributed by atoms with Crippen LogP contribution >= 0.6 is 0 Å². The second-order valence-electron chi connectivity index (χ2n) is 4.75. The molecule has 0 atom stereocenters. The lowest BCUT2D eigenvalue weighted by molar-refractivity contribution is 0.0950. The van der Waals surface area contributed by atoms with Crippen LogP contribution in [0, 0.1) is 0 Å². The summed E-state index contributed by atoms with van der Waals surface area (Å²) in [4.78, 5) is 24.4. The minimum atomic E-state index is -0.716. The van der Waals surface area contributed by atoms with E-state index in [0.29, 0.717) is 17.3 Å². The van der Waals surface area contributed by atoms with Gasteiger partial charge in [-0.1, -0.05) is 19.1 Å². The van der Waals surface area contributed by atoms with E-state index in [1.807, 2.05) is 6.92 Å². The first-order valence-corrected chi connectivity index (χ1v) is 6.61. The van der Waals surface area contributed by atoms with Gasteiger partial charge in [0.05, 0.1) is 5.52 Å². The Kier molecular flexibility index (Phi) is 4.07. The molecule has 0 unspecified atom stereocenters. The highest BCUT2D eigenvalue weighted by molar-refractivity contribution is 6.02. The van der Waals surface area contributed by atoms with Crippen molar-refractivity contribution in [1.82, 2.24) is 9.99 Å². The van der Waals surface area contributed by atoms with Crippen LogP contribution in [0.2, 0.25) is 0 Å². The normalized spacial score (nSPS) is 11.7. The fourth-order valence-corrected chi connectivity index (χ4v) is 1.97. The standard InChI is InChI=1S/C15H17N3O3/c1-4-9(2)16-17-14(20)12-13(19)10-7-5-6-8-11(10)18(3)15(12)21/h5-8,19H,4H2,1-3H3,(H,17,20). The van der Waals surface area contributed by atoms with Crippen LogP contribution in [-0.2, 0) is 7.05 Å². The van der Waals surface area contributed by atoms with Crippen molar-refractivity contribution in [1.29, 1.82) is 0 Å². The van der Waals surface area contributed by atoms with Gasteiger partial charge in [0.1, 0.15) is 11.3 Å². The van der Waals surface area contributed by atoms with E-state index in [9.17, 15) is 14.7 Å². The SMILES string of the molecule is CCC(C)=NNC(=O)c1c(O)c2ccccc2n(C)c1=O. The fourth-order valence-electron chi connectivity index (χ4n) is 1.97. The Hall–Kier alpha value is -2.63. The molecule has 0 saturated heterocycles. The van der Waals surface area contributed by atoms with E-state index in [0.717, 1.165) is 5.71 Å². The molecule has 0 saturated carbocycles. The number of benzene rings is 1. The Morgan fingerprint density at radius 3 is 2.71 bits per heavy atom. The van der Waals surface area contributed by atoms with Gasteiger partial charge in [0.2, 0.25) is 0 Å². The second-order valence-corrected chi connectivity index (χ2v) is 4.75. The first-order valence-electron chi connectivity index (χ1n) is 6.61. The van der Waals surface area contributed by atoms with Crippen LogP contribution < -0.4 is 11.0 Å². The molecule has 1 amide bonds. The number of hydrogen-bond donors (Lipinski definition) is 2. The van der Waals surface area contributed by atoms with Gasteiger partial charge in [-0.2, -0.15) is 5.10 Å². The third-order valence-corrected chi connectivity index (χ3v) is 3.36. The molecule has 6 nitrogen and oxygen atoms in total. The monoisotopic (exact) mass is 287 g/mol. The summed E-state index contributed by atoms with van der Waals surface area (Å²) in [5.74, 6) is -1.04. The molecule has 0 fully saturated rings. The van der Waals surface area contributed by atoms with Gasteiger partial charge in [0.25, 0.3) is 11.5 Å². The van der Waals surface area contributed by atoms with Gasteiger partial charge in [-0.15, -0.1) is 0 Å². The van der Waals surface area contributed by atoms with Crippen molar-refractivity contribution in [3.8, 4) is 5.75 Å². The van der Waals surface area contributed by atoms with Gasteiger partial charge in [-0.3, -0.25) is 9.59 Å². The van der Waals surface area contributed by atoms with Crippen molar-refractivity contribution in [3.05, 3.63) is 40.2 Å². The van der Waals surface area contributed by atoms with E-state index >= 15 is 0 Å². The van der Waals surface area contributed by atoms with Crippen LogP contribution in [0.5, 0.6) is 5.75 Å². The van der Waals surface area contributed by atoms with E-state index in [2.05, 4.69) is 10.5 Å². The fraction of sp³-hybridized carbons (Fsp3) is 0.267. The maximum atomic E-state index is 12.3. The summed E-state index contributed by atoms with van der Waals surface area (Å²) in [7, 11) is 1.56. The van der Waals surface area contributed by atoms with Crippen molar-refractivity contribution in [2.75, 3.05) is 0 Å². The summed E-state index contributed by atoms with van der Waals surface area (Å²) in [5.41, 5.74) is 2.72. The summed E-state index contributed by atoms with van der Waals surface area (Å²) < 4.78 is 1.33. The number of aromatic hydroxyl groups is 1. The topological polar surface area (TPSA) is 83.7 Å². The molecule has 0 aliphatic heterocycles. The number of carbonyl (C=O) groups is 1. The van der Waals surface area contributed by atoms with Crippen LogP contribution in [0.1, 0.15) is 30.6 Å². The highest BCUT2D eigenvalue weighted by Gasteiger charge is 2.20. The number of amides is 1. The first-order chi connectivity index (χ1) is 9.97. The number of carbonyl (C=O) groups excluding carboxylic acids is 1. The maximum absolute atomic E-state index is 12.3. The molecule has 2 aromatic rings. The Morgan fingerprint density at radius 2 is 2.05 bits per heavy atom. The molecule has 0 spiro atoms. The Balaban J connectivity index is 2.59. The number of fused-ring (bicyclic) bond motifs is 1. The third kappa shape index (κ3) is 2.65. The largest absolute Gasteiger partial charge is 0.506 e. The number of nitrogens with zero attached hydrogens (tertiary/aromatic N) is 2. The van der Waals surface area contributed by atoms with Crippen molar-refractivity contribution in [2.24, 2.45) is 12.1 Å². The molecule has 110 valence electrons. The highest BCUT2D eigenvalue weighted by atomic mass is 16.3. The summed E-state index contributed by atoms with van der Waals surface area (Å²) in [5, 5.41) is 14.5. The summed E-state index contributed by atoms with van der Waals surface area (Å²) in [6, 6.07) is 6.85. The first kappa shape index (κ1) is 14.8. The Labute approximate surface area is 121 Å². The number of hydrogen-bond acceptors (Lipinski definition) is 4. The zero-order valence-electron chi connectivity index (χ0n) is 12.2. The molecule has 0 aliphatic carbocycles.